The molecular weight excluding hydrogens is 228 g/mol. The summed E-state index contributed by atoms with van der Waals surface area (Å²) in [6.45, 7) is 1.11. The second-order valence-electron chi connectivity index (χ2n) is 3.93. The predicted octanol–water partition coefficient (Wildman–Crippen LogP) is 3.09. The van der Waals surface area contributed by atoms with Crippen LogP contribution >= 0.6 is 0 Å². The van der Waals surface area contributed by atoms with Gasteiger partial charge in [-0.05, 0) is 25.5 Å². The Bertz CT molecular complexity index is 364. The van der Waals surface area contributed by atoms with Crippen LogP contribution in [0, 0.1) is 0 Å². The highest BCUT2D eigenvalue weighted by molar-refractivity contribution is 5.51. The van der Waals surface area contributed by atoms with Gasteiger partial charge in [0.2, 0.25) is 5.92 Å². The van der Waals surface area contributed by atoms with Crippen molar-refractivity contribution in [2.45, 2.75) is 25.7 Å². The minimum Gasteiger partial charge on any atom is -0.493 e. The van der Waals surface area contributed by atoms with Gasteiger partial charge in [0.1, 0.15) is 0 Å². The highest BCUT2D eigenvalue weighted by Crippen LogP contribution is 2.29. The predicted molar refractivity (Wildman–Crippen MR) is 62.8 cm³/mol. The van der Waals surface area contributed by atoms with E-state index in [4.69, 9.17) is 15.2 Å². The molecule has 2 N–H and O–H groups in total. The van der Waals surface area contributed by atoms with Gasteiger partial charge in [-0.2, -0.15) is 0 Å². The number of halogens is 2. The fraction of sp³-hybridized carbons (Fsp3) is 0.500. The van der Waals surface area contributed by atoms with Gasteiger partial charge in [0.25, 0.3) is 0 Å². The van der Waals surface area contributed by atoms with E-state index in [0.29, 0.717) is 17.2 Å². The summed E-state index contributed by atoms with van der Waals surface area (Å²) in [5.74, 6) is -1.63. The Morgan fingerprint density at radius 3 is 2.59 bits per heavy atom. The Labute approximate surface area is 99.5 Å². The molecule has 0 aliphatic rings. The van der Waals surface area contributed by atoms with E-state index in [9.17, 15) is 8.78 Å². The van der Waals surface area contributed by atoms with Gasteiger partial charge >= 0.3 is 0 Å². The number of anilines is 1. The lowest BCUT2D eigenvalue weighted by Gasteiger charge is -2.13. The first-order valence-electron chi connectivity index (χ1n) is 5.36. The lowest BCUT2D eigenvalue weighted by Crippen LogP contribution is -2.11. The summed E-state index contributed by atoms with van der Waals surface area (Å²) < 4.78 is 35.6. The lowest BCUT2D eigenvalue weighted by atomic mass is 10.2. The third-order valence-corrected chi connectivity index (χ3v) is 2.21. The zero-order valence-corrected chi connectivity index (χ0v) is 10.0. The Hall–Kier alpha value is -1.52. The molecule has 0 aliphatic heterocycles. The normalized spacial score (nSPS) is 11.3. The standard InChI is InChI=1S/C12H17F2NO2/c1-12(13,14)6-3-7-17-11-8-9(15)4-5-10(11)16-2/h4-5,8H,3,6-7,15H2,1-2H3. The van der Waals surface area contributed by atoms with E-state index in [1.807, 2.05) is 0 Å². The Morgan fingerprint density at radius 2 is 2.00 bits per heavy atom. The van der Waals surface area contributed by atoms with Gasteiger partial charge in [-0.1, -0.05) is 0 Å². The lowest BCUT2D eigenvalue weighted by molar-refractivity contribution is 0.00764. The fourth-order valence-electron chi connectivity index (χ4n) is 1.37. The summed E-state index contributed by atoms with van der Waals surface area (Å²) >= 11 is 0. The van der Waals surface area contributed by atoms with Crippen LogP contribution in [0.15, 0.2) is 18.2 Å². The zero-order valence-electron chi connectivity index (χ0n) is 10.0. The maximum Gasteiger partial charge on any atom is 0.245 e. The summed E-state index contributed by atoms with van der Waals surface area (Å²) in [6.07, 6.45) is 0.0824. The molecule has 1 aromatic carbocycles. The van der Waals surface area contributed by atoms with E-state index in [1.165, 1.54) is 7.11 Å². The van der Waals surface area contributed by atoms with E-state index in [-0.39, 0.29) is 19.4 Å². The molecule has 1 rings (SSSR count). The van der Waals surface area contributed by atoms with Gasteiger partial charge in [-0.3, -0.25) is 0 Å². The zero-order chi connectivity index (χ0) is 12.9. The van der Waals surface area contributed by atoms with Crippen molar-refractivity contribution in [1.29, 1.82) is 0 Å². The molecule has 1 aromatic rings. The molecule has 0 spiro atoms. The van der Waals surface area contributed by atoms with Crippen LogP contribution < -0.4 is 15.2 Å². The van der Waals surface area contributed by atoms with Gasteiger partial charge in [0, 0.05) is 18.2 Å². The van der Waals surface area contributed by atoms with Crippen LogP contribution in [0.2, 0.25) is 0 Å². The van der Waals surface area contributed by atoms with Crippen molar-refractivity contribution in [1.82, 2.24) is 0 Å². The smallest absolute Gasteiger partial charge is 0.245 e. The molecule has 0 unspecified atom stereocenters. The van der Waals surface area contributed by atoms with Crippen LogP contribution in [0.1, 0.15) is 19.8 Å². The molecule has 0 fully saturated rings. The number of nitrogen functional groups attached to an aromatic ring is 1. The number of methoxy groups -OCH3 is 1. The first kappa shape index (κ1) is 13.5. The van der Waals surface area contributed by atoms with Crippen molar-refractivity contribution in [3.8, 4) is 11.5 Å². The van der Waals surface area contributed by atoms with Crippen LogP contribution in [-0.4, -0.2) is 19.6 Å². The molecule has 17 heavy (non-hydrogen) atoms. The van der Waals surface area contributed by atoms with Gasteiger partial charge in [0.05, 0.1) is 13.7 Å². The van der Waals surface area contributed by atoms with E-state index in [2.05, 4.69) is 0 Å². The molecule has 0 atom stereocenters. The van der Waals surface area contributed by atoms with Crippen LogP contribution in [0.3, 0.4) is 0 Å². The van der Waals surface area contributed by atoms with Crippen molar-refractivity contribution >= 4 is 5.69 Å². The van der Waals surface area contributed by atoms with E-state index in [1.54, 1.807) is 18.2 Å². The Kier molecular flexibility index (Phi) is 4.54. The molecule has 96 valence electrons. The van der Waals surface area contributed by atoms with Crippen LogP contribution in [0.4, 0.5) is 14.5 Å². The van der Waals surface area contributed by atoms with Crippen molar-refractivity contribution in [2.24, 2.45) is 0 Å². The van der Waals surface area contributed by atoms with Crippen molar-refractivity contribution in [3.63, 3.8) is 0 Å². The summed E-state index contributed by atoms with van der Waals surface area (Å²) in [4.78, 5) is 0. The largest absolute Gasteiger partial charge is 0.493 e. The molecule has 0 saturated carbocycles. The SMILES string of the molecule is COc1ccc(N)cc1OCCCC(C)(F)F. The maximum absolute atomic E-state index is 12.6. The van der Waals surface area contributed by atoms with Gasteiger partial charge in [0.15, 0.2) is 11.5 Å². The molecule has 3 nitrogen and oxygen atoms in total. The monoisotopic (exact) mass is 245 g/mol. The number of ether oxygens (including phenoxy) is 2. The number of benzene rings is 1. The highest BCUT2D eigenvalue weighted by Gasteiger charge is 2.20. The average molecular weight is 245 g/mol. The summed E-state index contributed by atoms with van der Waals surface area (Å²) in [5, 5.41) is 0. The number of rotatable bonds is 6. The van der Waals surface area contributed by atoms with Crippen molar-refractivity contribution in [2.75, 3.05) is 19.5 Å². The van der Waals surface area contributed by atoms with E-state index in [0.717, 1.165) is 6.92 Å². The van der Waals surface area contributed by atoms with Gasteiger partial charge in [-0.15, -0.1) is 0 Å². The second kappa shape index (κ2) is 5.70. The molecule has 0 aliphatic carbocycles. The molecule has 0 saturated heterocycles. The minimum absolute atomic E-state index is 0.197. The molecule has 0 heterocycles. The quantitative estimate of drug-likeness (QED) is 0.618. The molecule has 0 amide bonds. The molecule has 0 radical (unpaired) electrons. The van der Waals surface area contributed by atoms with Crippen molar-refractivity contribution in [3.05, 3.63) is 18.2 Å². The summed E-state index contributed by atoms with van der Waals surface area (Å²) in [7, 11) is 1.51. The molecule has 0 aromatic heterocycles. The second-order valence-corrected chi connectivity index (χ2v) is 3.93. The average Bonchev–Trinajstić information content (AvgIpc) is 2.23. The van der Waals surface area contributed by atoms with Crippen LogP contribution in [-0.2, 0) is 0 Å². The van der Waals surface area contributed by atoms with Gasteiger partial charge in [-0.25, -0.2) is 8.78 Å². The number of nitrogens with two attached hydrogens (primary N) is 1. The molecule has 0 bridgehead atoms. The summed E-state index contributed by atoms with van der Waals surface area (Å²) in [5.41, 5.74) is 6.14. The molecular formula is C12H17F2NO2. The van der Waals surface area contributed by atoms with Gasteiger partial charge < -0.3 is 15.2 Å². The van der Waals surface area contributed by atoms with Crippen LogP contribution in [0.25, 0.3) is 0 Å². The third kappa shape index (κ3) is 4.89. The number of hydrogen-bond acceptors (Lipinski definition) is 3. The van der Waals surface area contributed by atoms with E-state index >= 15 is 0 Å². The Morgan fingerprint density at radius 1 is 1.29 bits per heavy atom. The topological polar surface area (TPSA) is 44.5 Å². The number of alkyl halides is 2. The van der Waals surface area contributed by atoms with Crippen molar-refractivity contribution < 1.29 is 18.3 Å². The number of hydrogen-bond donors (Lipinski definition) is 1. The first-order chi connectivity index (χ1) is 7.92. The Balaban J connectivity index is 2.48. The fourth-order valence-corrected chi connectivity index (χ4v) is 1.37. The highest BCUT2D eigenvalue weighted by atomic mass is 19.3. The minimum atomic E-state index is -2.65. The van der Waals surface area contributed by atoms with Crippen LogP contribution in [0.5, 0.6) is 11.5 Å². The summed E-state index contributed by atoms with van der Waals surface area (Å²) in [6, 6.07) is 4.98. The third-order valence-electron chi connectivity index (χ3n) is 2.21. The van der Waals surface area contributed by atoms with E-state index < -0.39 is 5.92 Å². The maximum atomic E-state index is 12.6. The first-order valence-corrected chi connectivity index (χ1v) is 5.36. The molecule has 5 heteroatoms.